The Labute approximate surface area is 104 Å². The SMILES string of the molecule is NC(=O)c1cccc(C(=O)NCCCC(=O)O)c1. The predicted octanol–water partition coefficient (Wildman–Crippen LogP) is 0.380. The average Bonchev–Trinajstić information content (AvgIpc) is 2.34. The van der Waals surface area contributed by atoms with E-state index in [0.717, 1.165) is 0 Å². The van der Waals surface area contributed by atoms with Gasteiger partial charge in [-0.05, 0) is 24.6 Å². The number of carboxylic acids is 1. The first-order valence-corrected chi connectivity index (χ1v) is 5.40. The number of carbonyl (C=O) groups is 3. The quantitative estimate of drug-likeness (QED) is 0.634. The summed E-state index contributed by atoms with van der Waals surface area (Å²) in [5.41, 5.74) is 5.68. The van der Waals surface area contributed by atoms with Gasteiger partial charge in [0, 0.05) is 24.1 Å². The minimum atomic E-state index is -0.903. The Morgan fingerprint density at radius 2 is 1.89 bits per heavy atom. The molecule has 0 radical (unpaired) electrons. The molecule has 0 unspecified atom stereocenters. The zero-order chi connectivity index (χ0) is 13.5. The molecule has 0 fully saturated rings. The van der Waals surface area contributed by atoms with Crippen LogP contribution in [0.15, 0.2) is 24.3 Å². The van der Waals surface area contributed by atoms with Gasteiger partial charge in [-0.3, -0.25) is 14.4 Å². The van der Waals surface area contributed by atoms with Gasteiger partial charge in [-0.1, -0.05) is 6.07 Å². The number of nitrogens with one attached hydrogen (secondary N) is 1. The molecule has 1 rings (SSSR count). The van der Waals surface area contributed by atoms with Gasteiger partial charge in [-0.25, -0.2) is 0 Å². The van der Waals surface area contributed by atoms with Crippen LogP contribution in [0.3, 0.4) is 0 Å². The van der Waals surface area contributed by atoms with Gasteiger partial charge in [0.15, 0.2) is 0 Å². The minimum absolute atomic E-state index is 0.00159. The third-order valence-corrected chi connectivity index (χ3v) is 2.26. The van der Waals surface area contributed by atoms with E-state index in [1.807, 2.05) is 0 Å². The highest BCUT2D eigenvalue weighted by atomic mass is 16.4. The predicted molar refractivity (Wildman–Crippen MR) is 64.2 cm³/mol. The summed E-state index contributed by atoms with van der Waals surface area (Å²) >= 11 is 0. The molecular formula is C12H14N2O4. The summed E-state index contributed by atoms with van der Waals surface area (Å²) in [6.07, 6.45) is 0.359. The third-order valence-electron chi connectivity index (χ3n) is 2.26. The van der Waals surface area contributed by atoms with Crippen LogP contribution < -0.4 is 11.1 Å². The fraction of sp³-hybridized carbons (Fsp3) is 0.250. The van der Waals surface area contributed by atoms with Gasteiger partial charge >= 0.3 is 5.97 Å². The van der Waals surface area contributed by atoms with Crippen LogP contribution in [0.2, 0.25) is 0 Å². The summed E-state index contributed by atoms with van der Waals surface area (Å²) in [6.45, 7) is 0.270. The van der Waals surface area contributed by atoms with Gasteiger partial charge in [0.2, 0.25) is 5.91 Å². The number of aliphatic carboxylic acids is 1. The van der Waals surface area contributed by atoms with Crippen molar-refractivity contribution >= 4 is 17.8 Å². The molecule has 2 amide bonds. The first kappa shape index (κ1) is 13.7. The topological polar surface area (TPSA) is 109 Å². The molecule has 0 heterocycles. The van der Waals surface area contributed by atoms with Gasteiger partial charge in [-0.15, -0.1) is 0 Å². The van der Waals surface area contributed by atoms with Gasteiger partial charge in [0.1, 0.15) is 0 Å². The Morgan fingerprint density at radius 1 is 1.22 bits per heavy atom. The minimum Gasteiger partial charge on any atom is -0.481 e. The van der Waals surface area contributed by atoms with E-state index in [1.165, 1.54) is 12.1 Å². The van der Waals surface area contributed by atoms with E-state index < -0.39 is 11.9 Å². The molecule has 0 aromatic heterocycles. The van der Waals surface area contributed by atoms with Crippen molar-refractivity contribution < 1.29 is 19.5 Å². The number of benzene rings is 1. The lowest BCUT2D eigenvalue weighted by molar-refractivity contribution is -0.137. The van der Waals surface area contributed by atoms with E-state index in [2.05, 4.69) is 5.32 Å². The van der Waals surface area contributed by atoms with Crippen molar-refractivity contribution in [3.05, 3.63) is 35.4 Å². The standard InChI is InChI=1S/C12H14N2O4/c13-11(17)8-3-1-4-9(7-8)12(18)14-6-2-5-10(15)16/h1,3-4,7H,2,5-6H2,(H2,13,17)(H,14,18)(H,15,16). The number of carboxylic acid groups (broad SMARTS) is 1. The Morgan fingerprint density at radius 3 is 2.50 bits per heavy atom. The zero-order valence-electron chi connectivity index (χ0n) is 9.68. The van der Waals surface area contributed by atoms with Crippen LogP contribution in [0.25, 0.3) is 0 Å². The fourth-order valence-corrected chi connectivity index (χ4v) is 1.36. The van der Waals surface area contributed by atoms with E-state index in [-0.39, 0.29) is 24.4 Å². The Balaban J connectivity index is 2.53. The molecule has 0 bridgehead atoms. The zero-order valence-corrected chi connectivity index (χ0v) is 9.68. The van der Waals surface area contributed by atoms with E-state index in [0.29, 0.717) is 12.0 Å². The van der Waals surface area contributed by atoms with E-state index in [1.54, 1.807) is 12.1 Å². The third kappa shape index (κ3) is 4.25. The van der Waals surface area contributed by atoms with Gasteiger partial charge in [-0.2, -0.15) is 0 Å². The van der Waals surface area contributed by atoms with Crippen molar-refractivity contribution in [3.63, 3.8) is 0 Å². The maximum absolute atomic E-state index is 11.7. The summed E-state index contributed by atoms with van der Waals surface area (Å²) in [4.78, 5) is 32.9. The maximum Gasteiger partial charge on any atom is 0.303 e. The summed E-state index contributed by atoms with van der Waals surface area (Å²) in [5, 5.41) is 11.0. The molecule has 0 spiro atoms. The second kappa shape index (κ2) is 6.39. The lowest BCUT2D eigenvalue weighted by atomic mass is 10.1. The van der Waals surface area contributed by atoms with Gasteiger partial charge in [0.25, 0.3) is 5.91 Å². The summed E-state index contributed by atoms with van der Waals surface area (Å²) in [7, 11) is 0. The lowest BCUT2D eigenvalue weighted by Crippen LogP contribution is -2.25. The normalized spacial score (nSPS) is 9.78. The molecule has 1 aromatic rings. The van der Waals surface area contributed by atoms with Gasteiger partial charge < -0.3 is 16.2 Å². The smallest absolute Gasteiger partial charge is 0.303 e. The maximum atomic E-state index is 11.7. The second-order valence-electron chi connectivity index (χ2n) is 3.70. The summed E-state index contributed by atoms with van der Waals surface area (Å²) in [5.74, 6) is -1.86. The van der Waals surface area contributed by atoms with Crippen molar-refractivity contribution in [2.45, 2.75) is 12.8 Å². The number of rotatable bonds is 6. The van der Waals surface area contributed by atoms with E-state index in [9.17, 15) is 14.4 Å². The van der Waals surface area contributed by atoms with Crippen LogP contribution in [-0.4, -0.2) is 29.4 Å². The molecule has 96 valence electrons. The van der Waals surface area contributed by atoms with Crippen LogP contribution in [0, 0.1) is 0 Å². The van der Waals surface area contributed by atoms with E-state index >= 15 is 0 Å². The molecule has 6 heteroatoms. The number of hydrogen-bond donors (Lipinski definition) is 3. The molecule has 0 saturated carbocycles. The first-order valence-electron chi connectivity index (χ1n) is 5.40. The van der Waals surface area contributed by atoms with Crippen molar-refractivity contribution in [3.8, 4) is 0 Å². The Kier molecular flexibility index (Phi) is 4.86. The molecule has 0 atom stereocenters. The van der Waals surface area contributed by atoms with Crippen molar-refractivity contribution in [1.29, 1.82) is 0 Å². The second-order valence-corrected chi connectivity index (χ2v) is 3.70. The van der Waals surface area contributed by atoms with Gasteiger partial charge in [0.05, 0.1) is 0 Å². The molecule has 0 aliphatic rings. The molecule has 0 aliphatic carbocycles. The Bertz CT molecular complexity index is 471. The first-order chi connectivity index (χ1) is 8.50. The molecule has 18 heavy (non-hydrogen) atoms. The van der Waals surface area contributed by atoms with Crippen molar-refractivity contribution in [1.82, 2.24) is 5.32 Å². The number of amides is 2. The lowest BCUT2D eigenvalue weighted by Gasteiger charge is -2.05. The molecule has 4 N–H and O–H groups in total. The molecule has 0 aliphatic heterocycles. The average molecular weight is 250 g/mol. The fourth-order valence-electron chi connectivity index (χ4n) is 1.36. The molecular weight excluding hydrogens is 236 g/mol. The van der Waals surface area contributed by atoms with Crippen LogP contribution in [0.4, 0.5) is 0 Å². The number of hydrogen-bond acceptors (Lipinski definition) is 3. The summed E-state index contributed by atoms with van der Waals surface area (Å²) in [6, 6.07) is 6.03. The highest BCUT2D eigenvalue weighted by molar-refractivity contribution is 5.99. The number of carbonyl (C=O) groups excluding carboxylic acids is 2. The van der Waals surface area contributed by atoms with E-state index in [4.69, 9.17) is 10.8 Å². The van der Waals surface area contributed by atoms with Crippen LogP contribution in [-0.2, 0) is 4.79 Å². The number of nitrogens with two attached hydrogens (primary N) is 1. The van der Waals surface area contributed by atoms with Crippen molar-refractivity contribution in [2.75, 3.05) is 6.54 Å². The van der Waals surface area contributed by atoms with Crippen LogP contribution >= 0.6 is 0 Å². The molecule has 1 aromatic carbocycles. The number of primary amides is 1. The van der Waals surface area contributed by atoms with Crippen LogP contribution in [0.5, 0.6) is 0 Å². The Hall–Kier alpha value is -2.37. The van der Waals surface area contributed by atoms with Crippen LogP contribution in [0.1, 0.15) is 33.6 Å². The van der Waals surface area contributed by atoms with Crippen molar-refractivity contribution in [2.24, 2.45) is 5.73 Å². The monoisotopic (exact) mass is 250 g/mol. The molecule has 0 saturated heterocycles. The largest absolute Gasteiger partial charge is 0.481 e. The summed E-state index contributed by atoms with van der Waals surface area (Å²) < 4.78 is 0. The molecule has 6 nitrogen and oxygen atoms in total. The highest BCUT2D eigenvalue weighted by Gasteiger charge is 2.08. The highest BCUT2D eigenvalue weighted by Crippen LogP contribution is 2.04.